The zero-order valence-corrected chi connectivity index (χ0v) is 38.8. The molecule has 0 fully saturated rings. The van der Waals surface area contributed by atoms with E-state index in [-0.39, 0.29) is 62.9 Å². The van der Waals surface area contributed by atoms with Crippen LogP contribution in [0.5, 0.6) is 0 Å². The summed E-state index contributed by atoms with van der Waals surface area (Å²) in [5.41, 5.74) is -0.401. The summed E-state index contributed by atoms with van der Waals surface area (Å²) in [5.74, 6) is -3.34. The van der Waals surface area contributed by atoms with Crippen molar-refractivity contribution in [2.24, 2.45) is 5.92 Å². The standard InChI is InChI=1S/2C17H24O4.C12H14O3.C5H10O/c1-4-15(13(3)18)17(20,16(19)21-5-2)12-11-14-9-7-6-8-10-14;1-3-8-15(18)13-17(20,16(19)21-4-2)12-11-14-9-6-5-7-10-14;1-2-15-12(14)11(13)9-8-10-6-4-3-5-7-10;1-3-4-5(2)6/h6-10,15,20H,4-5,11-12H2,1-3H3;5-7,9-10,20H,3-4,8,11-13H2,1-2H3;3-7H,2,8-9H2,1H3;3-4H2,1-2H3. The third-order valence-corrected chi connectivity index (χ3v) is 9.67. The Hall–Kier alpha value is -5.33. The van der Waals surface area contributed by atoms with E-state index in [4.69, 9.17) is 9.47 Å². The van der Waals surface area contributed by atoms with Gasteiger partial charge in [-0.15, -0.1) is 0 Å². The molecule has 3 aromatic carbocycles. The highest BCUT2D eigenvalue weighted by molar-refractivity contribution is 6.33. The first-order valence-corrected chi connectivity index (χ1v) is 22.1. The number of hydrogen-bond donors (Lipinski definition) is 2. The smallest absolute Gasteiger partial charge is 0.374 e. The van der Waals surface area contributed by atoms with Crippen LogP contribution in [0.3, 0.4) is 0 Å². The summed E-state index contributed by atoms with van der Waals surface area (Å²) in [4.78, 5) is 80.0. The van der Waals surface area contributed by atoms with E-state index >= 15 is 0 Å². The number of carbonyl (C=O) groups excluding carboxylic acids is 7. The van der Waals surface area contributed by atoms with Crippen molar-refractivity contribution in [3.8, 4) is 0 Å². The maximum absolute atomic E-state index is 12.2. The molecule has 3 atom stereocenters. The Morgan fingerprint density at radius 1 is 0.540 bits per heavy atom. The molecular formula is C51H72O12. The minimum absolute atomic E-state index is 0.110. The molecule has 3 rings (SSSR count). The second-order valence-electron chi connectivity index (χ2n) is 15.0. The zero-order chi connectivity index (χ0) is 47.7. The van der Waals surface area contributed by atoms with Crippen LogP contribution in [0.4, 0.5) is 0 Å². The normalized spacial score (nSPS) is 12.6. The number of hydrogen-bond acceptors (Lipinski definition) is 12. The topological polar surface area (TPSA) is 188 Å². The van der Waals surface area contributed by atoms with Gasteiger partial charge < -0.3 is 29.2 Å². The van der Waals surface area contributed by atoms with Crippen molar-refractivity contribution in [2.45, 2.75) is 144 Å². The van der Waals surface area contributed by atoms with Crippen molar-refractivity contribution in [1.82, 2.24) is 0 Å². The molecule has 0 heterocycles. The Bertz CT molecular complexity index is 1780. The highest BCUT2D eigenvalue weighted by Crippen LogP contribution is 2.29. The van der Waals surface area contributed by atoms with E-state index in [9.17, 15) is 43.8 Å². The van der Waals surface area contributed by atoms with Gasteiger partial charge in [-0.05, 0) is 103 Å². The minimum atomic E-state index is -1.76. The number of Topliss-reactive ketones (excluding diaryl/α,β-unsaturated/α-hetero) is 4. The molecule has 0 aliphatic rings. The quantitative estimate of drug-likeness (QED) is 0.0498. The van der Waals surface area contributed by atoms with Crippen LogP contribution in [-0.4, -0.2) is 82.3 Å². The third kappa shape index (κ3) is 24.2. The van der Waals surface area contributed by atoms with E-state index in [1.165, 1.54) is 6.92 Å². The average molecular weight is 877 g/mol. The monoisotopic (exact) mass is 877 g/mol. The van der Waals surface area contributed by atoms with Gasteiger partial charge in [0.1, 0.15) is 17.3 Å². The summed E-state index contributed by atoms with van der Waals surface area (Å²) < 4.78 is 14.5. The Balaban J connectivity index is 0.000000868. The SMILES string of the molecule is CCCC(=O)CC(O)(CCc1ccccc1)C(=O)OCC.CCCC(C)=O.CCOC(=O)C(=O)CCc1ccccc1.CCOC(=O)C(O)(CCc1ccccc1)C(CC)C(C)=O. The van der Waals surface area contributed by atoms with E-state index in [1.807, 2.05) is 105 Å². The molecular weight excluding hydrogens is 805 g/mol. The first-order valence-electron chi connectivity index (χ1n) is 22.1. The Morgan fingerprint density at radius 2 is 0.968 bits per heavy atom. The summed E-state index contributed by atoms with van der Waals surface area (Å²) >= 11 is 0. The first-order chi connectivity index (χ1) is 30.0. The van der Waals surface area contributed by atoms with E-state index in [1.54, 1.807) is 34.6 Å². The first kappa shape index (κ1) is 57.7. The third-order valence-electron chi connectivity index (χ3n) is 9.67. The van der Waals surface area contributed by atoms with Crippen LogP contribution in [0, 0.1) is 5.92 Å². The van der Waals surface area contributed by atoms with E-state index < -0.39 is 40.8 Å². The Labute approximate surface area is 375 Å². The zero-order valence-electron chi connectivity index (χ0n) is 38.8. The second-order valence-corrected chi connectivity index (χ2v) is 15.0. The van der Waals surface area contributed by atoms with Crippen molar-refractivity contribution in [2.75, 3.05) is 19.8 Å². The minimum Gasteiger partial charge on any atom is -0.464 e. The van der Waals surface area contributed by atoms with Gasteiger partial charge in [-0.2, -0.15) is 0 Å². The fourth-order valence-electron chi connectivity index (χ4n) is 6.40. The molecule has 348 valence electrons. The highest BCUT2D eigenvalue weighted by atomic mass is 16.6. The molecule has 2 N–H and O–H groups in total. The van der Waals surface area contributed by atoms with Crippen LogP contribution < -0.4 is 0 Å². The number of aryl methyl sites for hydroxylation is 3. The number of rotatable bonds is 24. The maximum Gasteiger partial charge on any atom is 0.374 e. The summed E-state index contributed by atoms with van der Waals surface area (Å²) in [5, 5.41) is 21.4. The molecule has 0 radical (unpaired) electrons. The van der Waals surface area contributed by atoms with Crippen LogP contribution in [0.15, 0.2) is 91.0 Å². The van der Waals surface area contributed by atoms with Gasteiger partial charge in [0, 0.05) is 25.7 Å². The van der Waals surface area contributed by atoms with Gasteiger partial charge in [0.15, 0.2) is 11.2 Å². The highest BCUT2D eigenvalue weighted by Gasteiger charge is 2.46. The van der Waals surface area contributed by atoms with Crippen molar-refractivity contribution >= 4 is 41.0 Å². The van der Waals surface area contributed by atoms with Gasteiger partial charge in [-0.25, -0.2) is 14.4 Å². The number of carbonyl (C=O) groups is 7. The van der Waals surface area contributed by atoms with Crippen LogP contribution >= 0.6 is 0 Å². The second kappa shape index (κ2) is 33.3. The fraction of sp³-hybridized carbons (Fsp3) is 0.510. The van der Waals surface area contributed by atoms with Gasteiger partial charge in [0.25, 0.3) is 0 Å². The molecule has 12 nitrogen and oxygen atoms in total. The van der Waals surface area contributed by atoms with Crippen LogP contribution in [0.25, 0.3) is 0 Å². The van der Waals surface area contributed by atoms with Crippen molar-refractivity contribution < 1.29 is 58.0 Å². The van der Waals surface area contributed by atoms with Gasteiger partial charge in [0.2, 0.25) is 5.78 Å². The number of ether oxygens (including phenoxy) is 3. The van der Waals surface area contributed by atoms with E-state index in [0.717, 1.165) is 29.5 Å². The number of ketones is 4. The molecule has 0 amide bonds. The van der Waals surface area contributed by atoms with Gasteiger partial charge >= 0.3 is 17.9 Å². The summed E-state index contributed by atoms with van der Waals surface area (Å²) in [6.45, 7) is 14.4. The lowest BCUT2D eigenvalue weighted by molar-refractivity contribution is -0.175. The molecule has 0 aliphatic carbocycles. The molecule has 3 unspecified atom stereocenters. The lowest BCUT2D eigenvalue weighted by Crippen LogP contribution is -2.50. The van der Waals surface area contributed by atoms with Crippen molar-refractivity contribution in [3.05, 3.63) is 108 Å². The van der Waals surface area contributed by atoms with Crippen LogP contribution in [0.2, 0.25) is 0 Å². The summed E-state index contributed by atoms with van der Waals surface area (Å²) in [6.07, 6.45) is 5.21. The Kier molecular flexibility index (Phi) is 30.4. The van der Waals surface area contributed by atoms with Crippen LogP contribution in [-0.2, 0) is 67.0 Å². The average Bonchev–Trinajstić information content (AvgIpc) is 3.26. The van der Waals surface area contributed by atoms with Crippen molar-refractivity contribution in [1.29, 1.82) is 0 Å². The number of benzene rings is 3. The lowest BCUT2D eigenvalue weighted by Gasteiger charge is -2.32. The fourth-order valence-corrected chi connectivity index (χ4v) is 6.40. The largest absolute Gasteiger partial charge is 0.464 e. The van der Waals surface area contributed by atoms with Gasteiger partial charge in [-0.3, -0.25) is 14.4 Å². The number of aliphatic hydroxyl groups is 2. The maximum atomic E-state index is 12.2. The number of esters is 3. The van der Waals surface area contributed by atoms with Gasteiger partial charge in [-0.1, -0.05) is 112 Å². The predicted molar refractivity (Wildman–Crippen MR) is 244 cm³/mol. The molecule has 0 spiro atoms. The van der Waals surface area contributed by atoms with Gasteiger partial charge in [0.05, 0.1) is 25.7 Å². The lowest BCUT2D eigenvalue weighted by atomic mass is 9.78. The molecule has 63 heavy (non-hydrogen) atoms. The van der Waals surface area contributed by atoms with E-state index in [0.29, 0.717) is 38.5 Å². The predicted octanol–water partition coefficient (Wildman–Crippen LogP) is 8.33. The van der Waals surface area contributed by atoms with Crippen molar-refractivity contribution in [3.63, 3.8) is 0 Å². The molecule has 12 heteroatoms. The molecule has 0 aromatic heterocycles. The molecule has 0 aliphatic heterocycles. The molecule has 0 saturated heterocycles. The molecule has 0 saturated carbocycles. The summed E-state index contributed by atoms with van der Waals surface area (Å²) in [7, 11) is 0. The summed E-state index contributed by atoms with van der Waals surface area (Å²) in [6, 6.07) is 28.7. The molecule has 3 aromatic rings. The van der Waals surface area contributed by atoms with Crippen LogP contribution in [0.1, 0.15) is 130 Å². The molecule has 0 bridgehead atoms. The van der Waals surface area contributed by atoms with E-state index in [2.05, 4.69) is 4.74 Å². The Morgan fingerprint density at radius 3 is 1.35 bits per heavy atom.